The van der Waals surface area contributed by atoms with Crippen LogP contribution in [0, 0.1) is 0 Å². The molecule has 1 atom stereocenters. The normalized spacial score (nSPS) is 15.9. The first kappa shape index (κ1) is 20.5. The summed E-state index contributed by atoms with van der Waals surface area (Å²) in [4.78, 5) is 9.44. The average molecular weight is 406 g/mol. The maximum absolute atomic E-state index is 6.42. The van der Waals surface area contributed by atoms with E-state index in [9.17, 15) is 0 Å². The summed E-state index contributed by atoms with van der Waals surface area (Å²) < 4.78 is 11.8. The van der Waals surface area contributed by atoms with Crippen LogP contribution in [-0.2, 0) is 0 Å². The summed E-state index contributed by atoms with van der Waals surface area (Å²) in [6, 6.07) is 18.7. The molecule has 0 spiro atoms. The molecule has 1 saturated heterocycles. The molecule has 1 unspecified atom stereocenters. The number of hydrogen-bond donors (Lipinski definition) is 0. The number of methoxy groups -OCH3 is 1. The van der Waals surface area contributed by atoms with Crippen LogP contribution < -0.4 is 14.4 Å². The summed E-state index contributed by atoms with van der Waals surface area (Å²) in [7, 11) is 1.72. The molecule has 0 radical (unpaired) electrons. The number of piperazine rings is 1. The fourth-order valence-corrected chi connectivity index (χ4v) is 4.04. The molecule has 0 aliphatic carbocycles. The fraction of sp³-hybridized carbons (Fsp3) is 0.400. The largest absolute Gasteiger partial charge is 0.497 e. The van der Waals surface area contributed by atoms with E-state index in [0.29, 0.717) is 5.88 Å². The second-order valence-corrected chi connectivity index (χ2v) is 7.81. The van der Waals surface area contributed by atoms with Crippen LogP contribution in [0.25, 0.3) is 10.8 Å². The second-order valence-electron chi connectivity index (χ2n) is 7.81. The predicted octanol–water partition coefficient (Wildman–Crippen LogP) is 4.96. The van der Waals surface area contributed by atoms with Crippen LogP contribution in [0.4, 0.5) is 5.69 Å². The molecule has 2 heterocycles. The third-order valence-electron chi connectivity index (χ3n) is 5.81. The molecule has 2 aromatic carbocycles. The molecule has 5 heteroatoms. The molecule has 0 bridgehead atoms. The van der Waals surface area contributed by atoms with Crippen LogP contribution in [-0.4, -0.2) is 49.4 Å². The summed E-state index contributed by atoms with van der Waals surface area (Å²) in [5, 5.41) is 2.31. The molecule has 1 fully saturated rings. The van der Waals surface area contributed by atoms with Crippen molar-refractivity contribution >= 4 is 16.5 Å². The first-order chi connectivity index (χ1) is 14.8. The monoisotopic (exact) mass is 405 g/mol. The molecule has 30 heavy (non-hydrogen) atoms. The number of ether oxygens (including phenoxy) is 2. The Labute approximate surface area is 179 Å². The lowest BCUT2D eigenvalue weighted by Gasteiger charge is -2.40. The molecule has 158 valence electrons. The van der Waals surface area contributed by atoms with Gasteiger partial charge in [0.2, 0.25) is 5.88 Å². The maximum Gasteiger partial charge on any atom is 0.215 e. The Morgan fingerprint density at radius 2 is 1.77 bits per heavy atom. The van der Waals surface area contributed by atoms with E-state index in [0.717, 1.165) is 56.6 Å². The van der Waals surface area contributed by atoms with Gasteiger partial charge in [0.05, 0.1) is 7.11 Å². The quantitative estimate of drug-likeness (QED) is 0.529. The van der Waals surface area contributed by atoms with Gasteiger partial charge in [-0.1, -0.05) is 43.7 Å². The second kappa shape index (κ2) is 9.81. The highest BCUT2D eigenvalue weighted by atomic mass is 16.5. The number of hydrogen-bond acceptors (Lipinski definition) is 5. The average Bonchev–Trinajstić information content (AvgIpc) is 2.82. The van der Waals surface area contributed by atoms with E-state index in [1.165, 1.54) is 11.1 Å². The Bertz CT molecular complexity index is 954. The summed E-state index contributed by atoms with van der Waals surface area (Å²) in [6.45, 7) is 6.12. The van der Waals surface area contributed by atoms with E-state index >= 15 is 0 Å². The van der Waals surface area contributed by atoms with Crippen LogP contribution in [0.3, 0.4) is 0 Å². The van der Waals surface area contributed by atoms with Crippen LogP contribution in [0.5, 0.6) is 11.6 Å². The van der Waals surface area contributed by atoms with Crippen molar-refractivity contribution in [1.82, 2.24) is 9.88 Å². The number of pyridine rings is 1. The predicted molar refractivity (Wildman–Crippen MR) is 122 cm³/mol. The van der Waals surface area contributed by atoms with Crippen molar-refractivity contribution in [3.05, 3.63) is 60.8 Å². The molecular weight excluding hydrogens is 374 g/mol. The van der Waals surface area contributed by atoms with Crippen LogP contribution in [0.15, 0.2) is 60.8 Å². The Kier molecular flexibility index (Phi) is 6.70. The van der Waals surface area contributed by atoms with Crippen LogP contribution in [0.2, 0.25) is 0 Å². The van der Waals surface area contributed by atoms with Gasteiger partial charge in [-0.25, -0.2) is 4.98 Å². The molecule has 1 aromatic heterocycles. The fourth-order valence-electron chi connectivity index (χ4n) is 4.04. The van der Waals surface area contributed by atoms with Gasteiger partial charge in [-0.2, -0.15) is 0 Å². The van der Waals surface area contributed by atoms with Crippen molar-refractivity contribution in [2.45, 2.75) is 32.4 Å². The lowest BCUT2D eigenvalue weighted by molar-refractivity contribution is 0.0104. The molecule has 3 aromatic rings. The van der Waals surface area contributed by atoms with Crippen molar-refractivity contribution in [2.75, 3.05) is 38.2 Å². The molecule has 1 aliphatic heterocycles. The van der Waals surface area contributed by atoms with Crippen LogP contribution in [0.1, 0.15) is 26.2 Å². The number of fused-ring (bicyclic) bond motifs is 1. The van der Waals surface area contributed by atoms with Crippen molar-refractivity contribution < 1.29 is 9.47 Å². The number of nitrogens with zero attached hydrogens (tertiary/aromatic N) is 3. The molecule has 4 rings (SSSR count). The molecule has 5 nitrogen and oxygen atoms in total. The van der Waals surface area contributed by atoms with Crippen molar-refractivity contribution in [3.8, 4) is 11.6 Å². The van der Waals surface area contributed by atoms with Crippen molar-refractivity contribution in [3.63, 3.8) is 0 Å². The maximum atomic E-state index is 6.42. The Balaban J connectivity index is 1.43. The zero-order chi connectivity index (χ0) is 20.8. The number of unbranched alkanes of at least 4 members (excludes halogenated alkanes) is 1. The number of anilines is 1. The topological polar surface area (TPSA) is 37.8 Å². The van der Waals surface area contributed by atoms with Gasteiger partial charge >= 0.3 is 0 Å². The Hall–Kier alpha value is -2.79. The Morgan fingerprint density at radius 1 is 0.967 bits per heavy atom. The van der Waals surface area contributed by atoms with E-state index in [2.05, 4.69) is 64.2 Å². The van der Waals surface area contributed by atoms with Crippen molar-refractivity contribution in [2.24, 2.45) is 0 Å². The Morgan fingerprint density at radius 3 is 2.53 bits per heavy atom. The van der Waals surface area contributed by atoms with Gasteiger partial charge < -0.3 is 14.4 Å². The smallest absolute Gasteiger partial charge is 0.215 e. The molecule has 0 amide bonds. The highest BCUT2D eigenvalue weighted by Crippen LogP contribution is 2.25. The molecular formula is C25H31N3O2. The molecule has 0 saturated carbocycles. The highest BCUT2D eigenvalue weighted by Gasteiger charge is 2.25. The van der Waals surface area contributed by atoms with Gasteiger partial charge in [-0.3, -0.25) is 4.90 Å². The minimum Gasteiger partial charge on any atom is -0.497 e. The summed E-state index contributed by atoms with van der Waals surface area (Å²) in [5.41, 5.74) is 1.22. The first-order valence-corrected chi connectivity index (χ1v) is 10.9. The molecule has 0 N–H and O–H groups in total. The van der Waals surface area contributed by atoms with E-state index in [4.69, 9.17) is 9.47 Å². The van der Waals surface area contributed by atoms with Gasteiger partial charge in [0.15, 0.2) is 6.23 Å². The lowest BCUT2D eigenvalue weighted by atomic mass is 10.1. The third kappa shape index (κ3) is 4.85. The summed E-state index contributed by atoms with van der Waals surface area (Å²) in [5.74, 6) is 1.62. The zero-order valence-corrected chi connectivity index (χ0v) is 18.0. The summed E-state index contributed by atoms with van der Waals surface area (Å²) >= 11 is 0. The SMILES string of the molecule is CCCCC(Oc1cc2ccccc2cn1)N1CCN(c2cccc(OC)c2)CC1. The highest BCUT2D eigenvalue weighted by molar-refractivity contribution is 5.82. The minimum atomic E-state index is 0.0612. The number of rotatable bonds is 8. The van der Waals surface area contributed by atoms with E-state index in [1.807, 2.05) is 18.3 Å². The van der Waals surface area contributed by atoms with Crippen LogP contribution >= 0.6 is 0 Å². The van der Waals surface area contributed by atoms with Gasteiger partial charge in [-0.15, -0.1) is 0 Å². The number of benzene rings is 2. The molecule has 1 aliphatic rings. The summed E-state index contributed by atoms with van der Waals surface area (Å²) in [6.07, 6.45) is 5.29. The minimum absolute atomic E-state index is 0.0612. The van der Waals surface area contributed by atoms with E-state index < -0.39 is 0 Å². The number of aromatic nitrogens is 1. The third-order valence-corrected chi connectivity index (χ3v) is 5.81. The van der Waals surface area contributed by atoms with Gasteiger partial charge in [0.1, 0.15) is 5.75 Å². The van der Waals surface area contributed by atoms with Gasteiger partial charge in [0.25, 0.3) is 0 Å². The standard InChI is InChI=1S/C25H31N3O2/c1-3-4-12-25(30-24-17-20-8-5-6-9-21(20)19-26-24)28-15-13-27(14-16-28)22-10-7-11-23(18-22)29-2/h5-11,17-19,25H,3-4,12-16H2,1-2H3. The van der Waals surface area contributed by atoms with Gasteiger partial charge in [-0.05, 0) is 30.4 Å². The lowest BCUT2D eigenvalue weighted by Crippen LogP contribution is -2.52. The van der Waals surface area contributed by atoms with Crippen molar-refractivity contribution in [1.29, 1.82) is 0 Å². The zero-order valence-electron chi connectivity index (χ0n) is 18.0. The van der Waals surface area contributed by atoms with Gasteiger partial charge in [0, 0.05) is 55.6 Å². The first-order valence-electron chi connectivity index (χ1n) is 10.9. The van der Waals surface area contributed by atoms with E-state index in [1.54, 1.807) is 7.11 Å². The van der Waals surface area contributed by atoms with E-state index in [-0.39, 0.29) is 6.23 Å².